The third-order valence-corrected chi connectivity index (χ3v) is 2.42. The van der Waals surface area contributed by atoms with Crippen LogP contribution >= 0.6 is 0 Å². The van der Waals surface area contributed by atoms with E-state index < -0.39 is 17.7 Å². The molecular weight excluding hydrogens is 232 g/mol. The van der Waals surface area contributed by atoms with Crippen LogP contribution < -0.4 is 0 Å². The van der Waals surface area contributed by atoms with Crippen LogP contribution in [0.2, 0.25) is 0 Å². The van der Waals surface area contributed by atoms with Crippen LogP contribution in [0.25, 0.3) is 0 Å². The van der Waals surface area contributed by atoms with Crippen molar-refractivity contribution in [2.45, 2.75) is 52.7 Å². The van der Waals surface area contributed by atoms with Gasteiger partial charge >= 0.3 is 11.9 Å². The van der Waals surface area contributed by atoms with Crippen molar-refractivity contribution in [1.29, 1.82) is 0 Å². The van der Waals surface area contributed by atoms with Gasteiger partial charge in [-0.2, -0.15) is 0 Å². The Morgan fingerprint density at radius 1 is 1.00 bits per heavy atom. The maximum Gasteiger partial charge on any atom is 0.336 e. The Morgan fingerprint density at radius 2 is 1.39 bits per heavy atom. The van der Waals surface area contributed by atoms with Crippen molar-refractivity contribution in [3.05, 3.63) is 24.3 Å². The zero-order valence-corrected chi connectivity index (χ0v) is 11.7. The van der Waals surface area contributed by atoms with Gasteiger partial charge in [0.1, 0.15) is 0 Å². The smallest absolute Gasteiger partial charge is 0.336 e. The number of hydrogen-bond donors (Lipinski definition) is 0. The molecule has 0 aliphatic rings. The number of ether oxygens (including phenoxy) is 2. The average Bonchev–Trinajstić information content (AvgIpc) is 2.28. The normalized spacial score (nSPS) is 10.7. The number of esters is 2. The van der Waals surface area contributed by atoms with E-state index >= 15 is 0 Å². The third kappa shape index (κ3) is 4.73. The maximum absolute atomic E-state index is 11.6. The second kappa shape index (κ2) is 6.99. The van der Waals surface area contributed by atoms with Crippen molar-refractivity contribution in [3.63, 3.8) is 0 Å². The molecule has 0 fully saturated rings. The first-order valence-corrected chi connectivity index (χ1v) is 6.05. The number of hydrogen-bond acceptors (Lipinski definition) is 4. The molecule has 0 aromatic carbocycles. The Bertz CT molecular complexity index is 327. The van der Waals surface area contributed by atoms with Gasteiger partial charge in [0.2, 0.25) is 0 Å². The molecule has 102 valence electrons. The van der Waals surface area contributed by atoms with Crippen LogP contribution in [0.4, 0.5) is 0 Å². The van der Waals surface area contributed by atoms with Gasteiger partial charge in [0, 0.05) is 24.0 Å². The highest BCUT2D eigenvalue weighted by molar-refractivity contribution is 5.89. The number of rotatable bonds is 7. The molecule has 0 saturated heterocycles. The molecule has 0 heterocycles. The highest BCUT2D eigenvalue weighted by atomic mass is 16.7. The monoisotopic (exact) mass is 254 g/mol. The minimum atomic E-state index is -1.22. The highest BCUT2D eigenvalue weighted by Crippen LogP contribution is 2.26. The van der Waals surface area contributed by atoms with Crippen LogP contribution in [-0.2, 0) is 19.1 Å². The molecule has 0 aromatic rings. The minimum absolute atomic E-state index is 0.273. The Morgan fingerprint density at radius 3 is 1.61 bits per heavy atom. The van der Waals surface area contributed by atoms with E-state index in [1.165, 1.54) is 0 Å². The van der Waals surface area contributed by atoms with Gasteiger partial charge in [0.05, 0.1) is 0 Å². The molecule has 0 aliphatic carbocycles. The number of carbonyl (C=O) groups is 2. The van der Waals surface area contributed by atoms with Gasteiger partial charge in [-0.1, -0.05) is 27.0 Å². The molecule has 0 spiro atoms. The van der Waals surface area contributed by atoms with Crippen LogP contribution in [0.5, 0.6) is 0 Å². The molecule has 0 unspecified atom stereocenters. The quantitative estimate of drug-likeness (QED) is 0.398. The van der Waals surface area contributed by atoms with Gasteiger partial charge in [-0.15, -0.1) is 0 Å². The first-order chi connectivity index (χ1) is 8.28. The predicted molar refractivity (Wildman–Crippen MR) is 69.7 cm³/mol. The Kier molecular flexibility index (Phi) is 6.37. The lowest BCUT2D eigenvalue weighted by Crippen LogP contribution is -2.40. The number of carbonyl (C=O) groups excluding carboxylic acids is 2. The fraction of sp³-hybridized carbons (Fsp3) is 0.571. The van der Waals surface area contributed by atoms with Crippen LogP contribution in [0.1, 0.15) is 47.0 Å². The maximum atomic E-state index is 11.6. The summed E-state index contributed by atoms with van der Waals surface area (Å²) in [4.78, 5) is 23.2. The lowest BCUT2D eigenvalue weighted by Gasteiger charge is -2.31. The zero-order chi connectivity index (χ0) is 14.3. The lowest BCUT2D eigenvalue weighted by atomic mass is 10.1. The van der Waals surface area contributed by atoms with E-state index in [0.717, 1.165) is 6.42 Å². The van der Waals surface area contributed by atoms with Crippen LogP contribution in [0.15, 0.2) is 24.3 Å². The summed E-state index contributed by atoms with van der Waals surface area (Å²) in [5, 5.41) is 0. The van der Waals surface area contributed by atoms with Crippen molar-refractivity contribution in [2.75, 3.05) is 0 Å². The summed E-state index contributed by atoms with van der Waals surface area (Å²) in [6, 6.07) is 0. The van der Waals surface area contributed by atoms with E-state index in [-0.39, 0.29) is 11.1 Å². The van der Waals surface area contributed by atoms with Crippen molar-refractivity contribution in [1.82, 2.24) is 0 Å². The van der Waals surface area contributed by atoms with Gasteiger partial charge in [-0.25, -0.2) is 9.59 Å². The second-order valence-electron chi connectivity index (χ2n) is 4.35. The SMILES string of the molecule is C=C(C)C(=O)OC(CC)(CCC)OC(=O)C(=C)C. The van der Waals surface area contributed by atoms with E-state index in [1.807, 2.05) is 6.92 Å². The highest BCUT2D eigenvalue weighted by Gasteiger charge is 2.36. The fourth-order valence-electron chi connectivity index (χ4n) is 1.34. The third-order valence-electron chi connectivity index (χ3n) is 2.42. The summed E-state index contributed by atoms with van der Waals surface area (Å²) in [6.07, 6.45) is 1.56. The molecule has 0 atom stereocenters. The Balaban J connectivity index is 5.02. The molecule has 0 bridgehead atoms. The summed E-state index contributed by atoms with van der Waals surface area (Å²) < 4.78 is 10.6. The Labute approximate surface area is 109 Å². The summed E-state index contributed by atoms with van der Waals surface area (Å²) in [7, 11) is 0. The summed E-state index contributed by atoms with van der Waals surface area (Å²) in [5.41, 5.74) is 0.547. The van der Waals surface area contributed by atoms with Gasteiger partial charge in [0.25, 0.3) is 5.79 Å². The fourth-order valence-corrected chi connectivity index (χ4v) is 1.34. The van der Waals surface area contributed by atoms with E-state index in [4.69, 9.17) is 9.47 Å². The van der Waals surface area contributed by atoms with Gasteiger partial charge < -0.3 is 9.47 Å². The summed E-state index contributed by atoms with van der Waals surface area (Å²) in [6.45, 7) is 13.9. The van der Waals surface area contributed by atoms with E-state index in [9.17, 15) is 9.59 Å². The first-order valence-electron chi connectivity index (χ1n) is 6.05. The molecule has 0 amide bonds. The average molecular weight is 254 g/mol. The summed E-state index contributed by atoms with van der Waals surface area (Å²) >= 11 is 0. The van der Waals surface area contributed by atoms with Gasteiger partial charge in [0.15, 0.2) is 0 Å². The van der Waals surface area contributed by atoms with E-state index in [0.29, 0.717) is 12.8 Å². The molecule has 0 radical (unpaired) electrons. The van der Waals surface area contributed by atoms with Crippen molar-refractivity contribution in [3.8, 4) is 0 Å². The predicted octanol–water partition coefficient (Wildman–Crippen LogP) is 3.13. The molecule has 0 aliphatic heterocycles. The minimum Gasteiger partial charge on any atom is -0.419 e. The molecular formula is C14H22O4. The molecule has 0 aromatic heterocycles. The first kappa shape index (κ1) is 16.4. The second-order valence-corrected chi connectivity index (χ2v) is 4.35. The van der Waals surface area contributed by atoms with Crippen LogP contribution in [0.3, 0.4) is 0 Å². The largest absolute Gasteiger partial charge is 0.419 e. The van der Waals surface area contributed by atoms with Gasteiger partial charge in [-0.3, -0.25) is 0 Å². The topological polar surface area (TPSA) is 52.6 Å². The van der Waals surface area contributed by atoms with E-state index in [2.05, 4.69) is 13.2 Å². The van der Waals surface area contributed by atoms with Crippen LogP contribution in [-0.4, -0.2) is 17.7 Å². The standard InChI is InChI=1S/C14H22O4/c1-7-9-14(8-2,17-12(15)10(3)4)18-13(16)11(5)6/h3,5,7-9H2,1-2,4,6H3. The summed E-state index contributed by atoms with van der Waals surface area (Å²) in [5.74, 6) is -2.33. The molecule has 0 rings (SSSR count). The molecule has 0 saturated carbocycles. The molecule has 18 heavy (non-hydrogen) atoms. The van der Waals surface area contributed by atoms with Crippen molar-refractivity contribution in [2.24, 2.45) is 0 Å². The lowest BCUT2D eigenvalue weighted by molar-refractivity contribution is -0.227. The van der Waals surface area contributed by atoms with Crippen LogP contribution in [0, 0.1) is 0 Å². The zero-order valence-electron chi connectivity index (χ0n) is 11.7. The molecule has 4 heteroatoms. The Hall–Kier alpha value is -1.58. The van der Waals surface area contributed by atoms with Crippen molar-refractivity contribution >= 4 is 11.9 Å². The van der Waals surface area contributed by atoms with Gasteiger partial charge in [-0.05, 0) is 20.3 Å². The van der Waals surface area contributed by atoms with E-state index in [1.54, 1.807) is 20.8 Å². The van der Waals surface area contributed by atoms with Crippen molar-refractivity contribution < 1.29 is 19.1 Å². The molecule has 4 nitrogen and oxygen atoms in total. The molecule has 0 N–H and O–H groups in total.